The molecule has 0 spiro atoms. The van der Waals surface area contributed by atoms with Gasteiger partial charge in [0.15, 0.2) is 6.10 Å². The second kappa shape index (κ2) is 48.9. The molecule has 0 aliphatic heterocycles. The van der Waals surface area contributed by atoms with Crippen LogP contribution in [0.3, 0.4) is 0 Å². The zero-order valence-corrected chi connectivity index (χ0v) is 42.5. The number of hydrogen-bond donors (Lipinski definition) is 0. The van der Waals surface area contributed by atoms with Gasteiger partial charge in [-0.3, -0.25) is 14.4 Å². The van der Waals surface area contributed by atoms with Crippen molar-refractivity contribution in [2.24, 2.45) is 11.8 Å². The molecule has 0 rings (SSSR count). The van der Waals surface area contributed by atoms with E-state index in [4.69, 9.17) is 14.2 Å². The van der Waals surface area contributed by atoms with Crippen molar-refractivity contribution >= 4 is 17.9 Å². The van der Waals surface area contributed by atoms with E-state index in [9.17, 15) is 14.4 Å². The number of ether oxygens (including phenoxy) is 3. The molecule has 1 unspecified atom stereocenters. The van der Waals surface area contributed by atoms with Crippen LogP contribution in [-0.2, 0) is 28.6 Å². The van der Waals surface area contributed by atoms with Crippen LogP contribution in [0.25, 0.3) is 0 Å². The van der Waals surface area contributed by atoms with Crippen molar-refractivity contribution in [1.82, 2.24) is 0 Å². The van der Waals surface area contributed by atoms with Crippen LogP contribution in [0.15, 0.2) is 0 Å². The van der Waals surface area contributed by atoms with E-state index in [1.165, 1.54) is 199 Å². The molecule has 0 aliphatic rings. The fraction of sp³-hybridized carbons (Fsp3) is 0.946. The van der Waals surface area contributed by atoms with Crippen molar-refractivity contribution in [3.05, 3.63) is 0 Å². The molecule has 0 radical (unpaired) electrons. The standard InChI is InChI=1S/C56H108O6/c1-6-8-9-10-11-12-13-14-15-19-22-25-31-36-41-46-54(57)60-49-53(50-61-55(58)47-42-37-32-28-27-30-35-40-45-52(5)7-2)62-56(59)48-43-38-33-26-23-20-17-16-18-21-24-29-34-39-44-51(3)4/h51-53H,6-50H2,1-5H3/t52?,53-/m1/s1. The number of carbonyl (C=O) groups excluding carboxylic acids is 3. The third kappa shape index (κ3) is 47.9. The minimum absolute atomic E-state index is 0.0632. The minimum atomic E-state index is -0.762. The summed E-state index contributed by atoms with van der Waals surface area (Å²) in [4.78, 5) is 38.1. The Balaban J connectivity index is 4.30. The number of rotatable bonds is 50. The fourth-order valence-electron chi connectivity index (χ4n) is 8.49. The maximum atomic E-state index is 12.8. The van der Waals surface area contributed by atoms with Crippen LogP contribution < -0.4 is 0 Å². The first-order chi connectivity index (χ1) is 30.3. The first kappa shape index (κ1) is 60.4. The van der Waals surface area contributed by atoms with Crippen molar-refractivity contribution in [2.75, 3.05) is 13.2 Å². The van der Waals surface area contributed by atoms with Gasteiger partial charge in [-0.1, -0.05) is 272 Å². The topological polar surface area (TPSA) is 78.9 Å². The van der Waals surface area contributed by atoms with Gasteiger partial charge in [0.25, 0.3) is 0 Å². The Labute approximate surface area is 387 Å². The molecule has 0 fully saturated rings. The summed E-state index contributed by atoms with van der Waals surface area (Å²) in [6, 6.07) is 0. The highest BCUT2D eigenvalue weighted by atomic mass is 16.6. The SMILES string of the molecule is CCCCCCCCCCCCCCCCCC(=O)OC[C@H](COC(=O)CCCCCCCCCCC(C)CC)OC(=O)CCCCCCCCCCCCCCCCC(C)C. The Bertz CT molecular complexity index is 949. The van der Waals surface area contributed by atoms with Crippen molar-refractivity contribution in [3.63, 3.8) is 0 Å². The first-order valence-corrected chi connectivity index (χ1v) is 27.8. The van der Waals surface area contributed by atoms with Crippen molar-refractivity contribution in [1.29, 1.82) is 0 Å². The van der Waals surface area contributed by atoms with Gasteiger partial charge in [-0.15, -0.1) is 0 Å². The summed E-state index contributed by atoms with van der Waals surface area (Å²) in [7, 11) is 0. The predicted molar refractivity (Wildman–Crippen MR) is 266 cm³/mol. The van der Waals surface area contributed by atoms with E-state index in [1.54, 1.807) is 0 Å². The fourth-order valence-corrected chi connectivity index (χ4v) is 8.49. The van der Waals surface area contributed by atoms with Gasteiger partial charge in [-0.05, 0) is 31.1 Å². The molecule has 6 nitrogen and oxygen atoms in total. The van der Waals surface area contributed by atoms with E-state index in [0.29, 0.717) is 19.3 Å². The minimum Gasteiger partial charge on any atom is -0.462 e. The third-order valence-corrected chi connectivity index (χ3v) is 13.1. The van der Waals surface area contributed by atoms with Crippen molar-refractivity contribution in [2.45, 2.75) is 317 Å². The molecule has 0 amide bonds. The second-order valence-electron chi connectivity index (χ2n) is 19.9. The Morgan fingerprint density at radius 2 is 0.613 bits per heavy atom. The molecule has 0 bridgehead atoms. The summed E-state index contributed by atoms with van der Waals surface area (Å²) < 4.78 is 16.9. The molecule has 62 heavy (non-hydrogen) atoms. The lowest BCUT2D eigenvalue weighted by molar-refractivity contribution is -0.167. The molecule has 0 heterocycles. The highest BCUT2D eigenvalue weighted by molar-refractivity contribution is 5.71. The number of carbonyl (C=O) groups is 3. The van der Waals surface area contributed by atoms with Gasteiger partial charge >= 0.3 is 17.9 Å². The summed E-state index contributed by atoms with van der Waals surface area (Å²) in [5.41, 5.74) is 0. The summed E-state index contributed by atoms with van der Waals surface area (Å²) in [6.07, 6.45) is 50.8. The van der Waals surface area contributed by atoms with Gasteiger partial charge in [0, 0.05) is 19.3 Å². The van der Waals surface area contributed by atoms with E-state index in [-0.39, 0.29) is 31.1 Å². The maximum absolute atomic E-state index is 12.8. The number of esters is 3. The first-order valence-electron chi connectivity index (χ1n) is 27.8. The highest BCUT2D eigenvalue weighted by Crippen LogP contribution is 2.18. The van der Waals surface area contributed by atoms with Crippen LogP contribution in [0.2, 0.25) is 0 Å². The summed E-state index contributed by atoms with van der Waals surface area (Å²) in [5.74, 6) is 0.848. The third-order valence-electron chi connectivity index (χ3n) is 13.1. The van der Waals surface area contributed by atoms with E-state index in [2.05, 4.69) is 34.6 Å². The molecule has 0 aromatic heterocycles. The predicted octanol–water partition coefficient (Wildman–Crippen LogP) is 18.1. The number of hydrogen-bond acceptors (Lipinski definition) is 6. The molecule has 0 N–H and O–H groups in total. The van der Waals surface area contributed by atoms with Gasteiger partial charge in [0.05, 0.1) is 0 Å². The molecular formula is C56H108O6. The van der Waals surface area contributed by atoms with Gasteiger partial charge < -0.3 is 14.2 Å². The lowest BCUT2D eigenvalue weighted by atomic mass is 9.99. The Hall–Kier alpha value is -1.59. The monoisotopic (exact) mass is 877 g/mol. The summed E-state index contributed by atoms with van der Waals surface area (Å²) in [6.45, 7) is 11.4. The van der Waals surface area contributed by atoms with Crippen molar-refractivity contribution < 1.29 is 28.6 Å². The number of unbranched alkanes of at least 4 members (excludes halogenated alkanes) is 34. The largest absolute Gasteiger partial charge is 0.462 e. The molecule has 6 heteroatoms. The van der Waals surface area contributed by atoms with Gasteiger partial charge in [0.1, 0.15) is 13.2 Å². The zero-order valence-electron chi connectivity index (χ0n) is 42.5. The molecule has 0 aliphatic carbocycles. The average Bonchev–Trinajstić information content (AvgIpc) is 3.26. The normalized spacial score (nSPS) is 12.5. The van der Waals surface area contributed by atoms with Crippen LogP contribution in [0, 0.1) is 11.8 Å². The Morgan fingerprint density at radius 1 is 0.339 bits per heavy atom. The smallest absolute Gasteiger partial charge is 0.306 e. The maximum Gasteiger partial charge on any atom is 0.306 e. The summed E-state index contributed by atoms with van der Waals surface area (Å²) in [5, 5.41) is 0. The van der Waals surface area contributed by atoms with Crippen LogP contribution in [-0.4, -0.2) is 37.2 Å². The highest BCUT2D eigenvalue weighted by Gasteiger charge is 2.19. The van der Waals surface area contributed by atoms with Gasteiger partial charge in [0.2, 0.25) is 0 Å². The molecule has 0 saturated heterocycles. The second-order valence-corrected chi connectivity index (χ2v) is 19.9. The van der Waals surface area contributed by atoms with Gasteiger partial charge in [-0.25, -0.2) is 0 Å². The van der Waals surface area contributed by atoms with Crippen LogP contribution in [0.4, 0.5) is 0 Å². The lowest BCUT2D eigenvalue weighted by Gasteiger charge is -2.18. The van der Waals surface area contributed by atoms with Gasteiger partial charge in [-0.2, -0.15) is 0 Å². The molecule has 0 saturated carbocycles. The molecule has 0 aromatic rings. The van der Waals surface area contributed by atoms with Crippen LogP contribution >= 0.6 is 0 Å². The molecule has 2 atom stereocenters. The zero-order chi connectivity index (χ0) is 45.4. The average molecular weight is 877 g/mol. The molecular weight excluding hydrogens is 769 g/mol. The summed E-state index contributed by atoms with van der Waals surface area (Å²) >= 11 is 0. The lowest BCUT2D eigenvalue weighted by Crippen LogP contribution is -2.30. The van der Waals surface area contributed by atoms with E-state index < -0.39 is 6.10 Å². The van der Waals surface area contributed by atoms with E-state index in [0.717, 1.165) is 69.6 Å². The molecule has 0 aromatic carbocycles. The van der Waals surface area contributed by atoms with Crippen LogP contribution in [0.1, 0.15) is 311 Å². The van der Waals surface area contributed by atoms with E-state index >= 15 is 0 Å². The molecule has 368 valence electrons. The Kier molecular flexibility index (Phi) is 47.6. The van der Waals surface area contributed by atoms with Crippen LogP contribution in [0.5, 0.6) is 0 Å². The van der Waals surface area contributed by atoms with E-state index in [1.807, 2.05) is 0 Å². The Morgan fingerprint density at radius 3 is 0.919 bits per heavy atom. The quantitative estimate of drug-likeness (QED) is 0.0344. The van der Waals surface area contributed by atoms with Crippen molar-refractivity contribution in [3.8, 4) is 0 Å².